The topological polar surface area (TPSA) is 89.9 Å². The Morgan fingerprint density at radius 3 is 2.26 bits per heavy atom. The van der Waals surface area contributed by atoms with Gasteiger partial charge in [0, 0.05) is 18.6 Å². The maximum atomic E-state index is 14.6. The fraction of sp³-hybridized carbons (Fsp3) is 0.633. The normalized spacial score (nSPS) is 34.4. The van der Waals surface area contributed by atoms with E-state index in [4.69, 9.17) is 9.47 Å². The number of carboxylic acid groups (broad SMARTS) is 1. The van der Waals surface area contributed by atoms with E-state index in [9.17, 15) is 32.7 Å². The fourth-order valence-corrected chi connectivity index (χ4v) is 7.77. The van der Waals surface area contributed by atoms with Crippen LogP contribution in [0.15, 0.2) is 42.0 Å². The number of alkyl halides is 3. The molecule has 214 valence electrons. The van der Waals surface area contributed by atoms with Crippen LogP contribution in [0.25, 0.3) is 0 Å². The third-order valence-corrected chi connectivity index (χ3v) is 9.76. The molecule has 0 aliphatic heterocycles. The SMILES string of the molecule is CO[C@](C(=O)O[C@@H]1C2CC[C@H]3[C@@](C)(CCC[C@]3(C)C(=O)O)C2=CC(=O)[C@H]1C(C)C)(c1ccccc1)C(F)(F)F. The molecule has 1 aromatic rings. The first kappa shape index (κ1) is 29.3. The predicted octanol–water partition coefficient (Wildman–Crippen LogP) is 6.09. The summed E-state index contributed by atoms with van der Waals surface area (Å²) in [5, 5.41) is 10.1. The van der Waals surface area contributed by atoms with Gasteiger partial charge in [-0.15, -0.1) is 0 Å². The molecule has 0 heterocycles. The first-order valence-electron chi connectivity index (χ1n) is 13.5. The summed E-state index contributed by atoms with van der Waals surface area (Å²) >= 11 is 0. The van der Waals surface area contributed by atoms with Gasteiger partial charge in [-0.3, -0.25) is 9.59 Å². The van der Waals surface area contributed by atoms with Crippen LogP contribution >= 0.6 is 0 Å². The Balaban J connectivity index is 1.79. The lowest BCUT2D eigenvalue weighted by molar-refractivity contribution is -0.280. The number of fused-ring (bicyclic) bond motifs is 3. The minimum absolute atomic E-state index is 0.254. The molecule has 0 aromatic heterocycles. The Bertz CT molecular complexity index is 1160. The molecule has 0 amide bonds. The highest BCUT2D eigenvalue weighted by Crippen LogP contribution is 2.63. The number of carbonyl (C=O) groups excluding carboxylic acids is 2. The standard InChI is InChI=1S/C30H37F3O6/c1-17(2)23-21(34)16-20-19(12-13-22-27(20,3)14-9-15-28(22,4)25(35)36)24(23)39-26(37)29(38-5,30(31,32)33)18-10-7-6-8-11-18/h6-8,10-11,16-17,19,22-24H,9,12-15H2,1-5H3,(H,35,36)/t19?,22-,23+,24+,27-,28-,29-/m0/s1. The zero-order chi connectivity index (χ0) is 29.0. The van der Waals surface area contributed by atoms with E-state index < -0.39 is 58.0 Å². The number of ether oxygens (including phenoxy) is 2. The van der Waals surface area contributed by atoms with Crippen molar-refractivity contribution in [2.45, 2.75) is 77.7 Å². The number of esters is 1. The number of hydrogen-bond donors (Lipinski definition) is 1. The first-order valence-corrected chi connectivity index (χ1v) is 13.5. The van der Waals surface area contributed by atoms with Gasteiger partial charge in [0.15, 0.2) is 5.78 Å². The average Bonchev–Trinajstić information content (AvgIpc) is 2.84. The number of carboxylic acids is 1. The smallest absolute Gasteiger partial charge is 0.432 e. The third kappa shape index (κ3) is 4.41. The number of aliphatic carboxylic acids is 1. The molecule has 2 fully saturated rings. The van der Waals surface area contributed by atoms with E-state index in [1.165, 1.54) is 18.2 Å². The van der Waals surface area contributed by atoms with E-state index in [2.05, 4.69) is 0 Å². The lowest BCUT2D eigenvalue weighted by Crippen LogP contribution is -2.58. The molecule has 2 saturated carbocycles. The van der Waals surface area contributed by atoms with E-state index in [1.54, 1.807) is 26.8 Å². The second-order valence-corrected chi connectivity index (χ2v) is 12.1. The quantitative estimate of drug-likeness (QED) is 0.431. The summed E-state index contributed by atoms with van der Waals surface area (Å²) in [5.74, 6) is -4.72. The van der Waals surface area contributed by atoms with Gasteiger partial charge in [-0.05, 0) is 55.9 Å². The molecule has 0 bridgehead atoms. The Morgan fingerprint density at radius 2 is 1.72 bits per heavy atom. The molecule has 7 atom stereocenters. The van der Waals surface area contributed by atoms with Crippen LogP contribution in [-0.2, 0) is 29.5 Å². The van der Waals surface area contributed by atoms with Gasteiger partial charge in [0.1, 0.15) is 6.10 Å². The van der Waals surface area contributed by atoms with Gasteiger partial charge in [-0.1, -0.05) is 63.1 Å². The van der Waals surface area contributed by atoms with Crippen molar-refractivity contribution in [3.05, 3.63) is 47.5 Å². The highest BCUT2D eigenvalue weighted by Gasteiger charge is 2.66. The molecule has 1 unspecified atom stereocenters. The maximum absolute atomic E-state index is 14.6. The van der Waals surface area contributed by atoms with Crippen molar-refractivity contribution in [1.82, 2.24) is 0 Å². The summed E-state index contributed by atoms with van der Waals surface area (Å²) in [4.78, 5) is 39.5. The van der Waals surface area contributed by atoms with Gasteiger partial charge in [0.05, 0.1) is 11.3 Å². The van der Waals surface area contributed by atoms with Crippen molar-refractivity contribution in [3.63, 3.8) is 0 Å². The van der Waals surface area contributed by atoms with Crippen LogP contribution in [0.1, 0.15) is 65.4 Å². The Hall–Kier alpha value is -2.68. The van der Waals surface area contributed by atoms with Crippen molar-refractivity contribution >= 4 is 17.7 Å². The Kier molecular flexibility index (Phi) is 7.56. The zero-order valence-electron chi connectivity index (χ0n) is 23.0. The number of halogens is 3. The van der Waals surface area contributed by atoms with Crippen LogP contribution in [0.5, 0.6) is 0 Å². The van der Waals surface area contributed by atoms with E-state index in [0.29, 0.717) is 37.7 Å². The monoisotopic (exact) mass is 550 g/mol. The molecule has 4 rings (SSSR count). The van der Waals surface area contributed by atoms with Crippen molar-refractivity contribution in [3.8, 4) is 0 Å². The fourth-order valence-electron chi connectivity index (χ4n) is 7.77. The van der Waals surface area contributed by atoms with E-state index in [0.717, 1.165) is 19.2 Å². The Morgan fingerprint density at radius 1 is 1.08 bits per heavy atom. The number of benzene rings is 1. The molecule has 39 heavy (non-hydrogen) atoms. The molecule has 3 aliphatic carbocycles. The van der Waals surface area contributed by atoms with Crippen LogP contribution < -0.4 is 0 Å². The molecule has 3 aliphatic rings. The molecular formula is C30H37F3O6. The van der Waals surface area contributed by atoms with Crippen molar-refractivity contribution in [2.75, 3.05) is 7.11 Å². The summed E-state index contributed by atoms with van der Waals surface area (Å²) in [5.41, 5.74) is -4.73. The lowest BCUT2D eigenvalue weighted by Gasteiger charge is -2.58. The van der Waals surface area contributed by atoms with Crippen LogP contribution in [0.4, 0.5) is 13.2 Å². The number of methoxy groups -OCH3 is 1. The second kappa shape index (κ2) is 10.1. The van der Waals surface area contributed by atoms with Crippen molar-refractivity contribution in [1.29, 1.82) is 0 Å². The molecule has 0 saturated heterocycles. The molecule has 0 radical (unpaired) electrons. The number of ketones is 1. The number of rotatable bonds is 6. The number of carbonyl (C=O) groups is 3. The largest absolute Gasteiger partial charge is 0.481 e. The summed E-state index contributed by atoms with van der Waals surface area (Å²) in [6, 6.07) is 6.63. The minimum Gasteiger partial charge on any atom is -0.481 e. The molecule has 1 N–H and O–H groups in total. The van der Waals surface area contributed by atoms with Gasteiger partial charge < -0.3 is 14.6 Å². The molecule has 6 nitrogen and oxygen atoms in total. The highest BCUT2D eigenvalue weighted by molar-refractivity contribution is 5.95. The van der Waals surface area contributed by atoms with Crippen molar-refractivity contribution in [2.24, 2.45) is 34.5 Å². The number of hydrogen-bond acceptors (Lipinski definition) is 5. The summed E-state index contributed by atoms with van der Waals surface area (Å²) in [7, 11) is 0.819. The van der Waals surface area contributed by atoms with E-state index >= 15 is 0 Å². The van der Waals surface area contributed by atoms with Gasteiger partial charge >= 0.3 is 18.1 Å². The van der Waals surface area contributed by atoms with Crippen molar-refractivity contribution < 1.29 is 42.1 Å². The summed E-state index contributed by atoms with van der Waals surface area (Å²) in [6.45, 7) is 7.26. The lowest BCUT2D eigenvalue weighted by atomic mass is 9.46. The summed E-state index contributed by atoms with van der Waals surface area (Å²) < 4.78 is 54.6. The number of allylic oxidation sites excluding steroid dienone is 1. The van der Waals surface area contributed by atoms with Crippen LogP contribution in [0.2, 0.25) is 0 Å². The van der Waals surface area contributed by atoms with Crippen LogP contribution in [0.3, 0.4) is 0 Å². The van der Waals surface area contributed by atoms with Gasteiger partial charge in [0.25, 0.3) is 5.60 Å². The molecule has 1 aromatic carbocycles. The van der Waals surface area contributed by atoms with E-state index in [-0.39, 0.29) is 17.6 Å². The van der Waals surface area contributed by atoms with Gasteiger partial charge in [0.2, 0.25) is 0 Å². The third-order valence-electron chi connectivity index (χ3n) is 9.76. The second-order valence-electron chi connectivity index (χ2n) is 12.1. The van der Waals surface area contributed by atoms with Crippen LogP contribution in [0, 0.1) is 34.5 Å². The molecule has 9 heteroatoms. The Labute approximate surface area is 226 Å². The van der Waals surface area contributed by atoms with Crippen LogP contribution in [-0.4, -0.2) is 42.2 Å². The maximum Gasteiger partial charge on any atom is 0.432 e. The predicted molar refractivity (Wildman–Crippen MR) is 136 cm³/mol. The van der Waals surface area contributed by atoms with Gasteiger partial charge in [-0.2, -0.15) is 13.2 Å². The molecular weight excluding hydrogens is 513 g/mol. The average molecular weight is 551 g/mol. The summed E-state index contributed by atoms with van der Waals surface area (Å²) in [6.07, 6.45) is -1.99. The van der Waals surface area contributed by atoms with E-state index in [1.807, 2.05) is 6.92 Å². The molecule has 0 spiro atoms. The van der Waals surface area contributed by atoms with Gasteiger partial charge in [-0.25, -0.2) is 4.79 Å². The minimum atomic E-state index is -5.14. The first-order chi connectivity index (χ1) is 18.1. The zero-order valence-corrected chi connectivity index (χ0v) is 23.0. The highest BCUT2D eigenvalue weighted by atomic mass is 19.4.